The molecule has 0 spiro atoms. The Morgan fingerprint density at radius 3 is 2.74 bits per heavy atom. The van der Waals surface area contributed by atoms with Gasteiger partial charge in [0.2, 0.25) is 5.82 Å². The normalized spacial score (nSPS) is 17.4. The SMILES string of the molecule is CCOc1ccc(F)c(-c2cc(C)nc(C#CC[C@@]3(NC(=O)O)CCCN(COCC[Si](C)(C)C)C3=O)n2)c1. The van der Waals surface area contributed by atoms with E-state index in [1.807, 2.05) is 6.92 Å². The molecule has 1 atom stereocenters. The largest absolute Gasteiger partial charge is 0.494 e. The first-order valence-corrected chi connectivity index (χ1v) is 16.8. The van der Waals surface area contributed by atoms with Crippen molar-refractivity contribution in [3.8, 4) is 28.8 Å². The molecule has 1 aliphatic rings. The van der Waals surface area contributed by atoms with E-state index >= 15 is 0 Å². The number of piperidine rings is 1. The standard InChI is InChI=1S/C28H37FN4O5Si/c1-6-38-21-10-11-23(29)22(18-21)24-17-20(2)30-25(31-24)9-7-12-28(32-27(35)36)13-8-14-33(26(28)34)19-37-15-16-39(3,4)5/h10-11,17-18,32H,6,8,12-16,19H2,1-5H3,(H,35,36)/t28-/m1/s1. The predicted molar refractivity (Wildman–Crippen MR) is 149 cm³/mol. The van der Waals surface area contributed by atoms with E-state index in [2.05, 4.69) is 46.8 Å². The van der Waals surface area contributed by atoms with Gasteiger partial charge in [0.1, 0.15) is 23.8 Å². The molecule has 1 fully saturated rings. The van der Waals surface area contributed by atoms with Crippen molar-refractivity contribution in [2.45, 2.75) is 64.3 Å². The van der Waals surface area contributed by atoms with Crippen LogP contribution in [0.4, 0.5) is 9.18 Å². The number of carbonyl (C=O) groups is 2. The predicted octanol–water partition coefficient (Wildman–Crippen LogP) is 4.67. The van der Waals surface area contributed by atoms with E-state index in [4.69, 9.17) is 9.47 Å². The monoisotopic (exact) mass is 556 g/mol. The molecule has 3 rings (SSSR count). The lowest BCUT2D eigenvalue weighted by Gasteiger charge is -2.40. The zero-order valence-electron chi connectivity index (χ0n) is 23.3. The van der Waals surface area contributed by atoms with Crippen molar-refractivity contribution in [2.24, 2.45) is 0 Å². The smallest absolute Gasteiger partial charge is 0.405 e. The van der Waals surface area contributed by atoms with E-state index in [-0.39, 0.29) is 30.4 Å². The average Bonchev–Trinajstić information content (AvgIpc) is 2.84. The highest BCUT2D eigenvalue weighted by Gasteiger charge is 2.44. The number of nitrogens with zero attached hydrogens (tertiary/aromatic N) is 3. The summed E-state index contributed by atoms with van der Waals surface area (Å²) < 4.78 is 25.9. The molecule has 9 nitrogen and oxygen atoms in total. The molecule has 0 unspecified atom stereocenters. The van der Waals surface area contributed by atoms with Gasteiger partial charge >= 0.3 is 6.09 Å². The number of carboxylic acid groups (broad SMARTS) is 1. The van der Waals surface area contributed by atoms with Crippen LogP contribution in [0.5, 0.6) is 5.75 Å². The fraction of sp³-hybridized carbons (Fsp3) is 0.500. The molecule has 0 aliphatic carbocycles. The second kappa shape index (κ2) is 13.0. The number of benzene rings is 1. The van der Waals surface area contributed by atoms with Crippen LogP contribution in [0.1, 0.15) is 37.7 Å². The van der Waals surface area contributed by atoms with Gasteiger partial charge in [-0.05, 0) is 62.9 Å². The summed E-state index contributed by atoms with van der Waals surface area (Å²) in [4.78, 5) is 35.3. The summed E-state index contributed by atoms with van der Waals surface area (Å²) in [5.41, 5.74) is -0.214. The van der Waals surface area contributed by atoms with Gasteiger partial charge in [-0.25, -0.2) is 19.2 Å². The highest BCUT2D eigenvalue weighted by atomic mass is 28.3. The molecule has 1 saturated heterocycles. The van der Waals surface area contributed by atoms with Crippen LogP contribution in [0, 0.1) is 24.6 Å². The Kier molecular flexibility index (Phi) is 10.0. The number of hydrogen-bond acceptors (Lipinski definition) is 6. The van der Waals surface area contributed by atoms with E-state index in [0.29, 0.717) is 49.7 Å². The molecule has 1 aliphatic heterocycles. The van der Waals surface area contributed by atoms with Crippen LogP contribution in [-0.2, 0) is 9.53 Å². The summed E-state index contributed by atoms with van der Waals surface area (Å²) in [6, 6.07) is 7.06. The Bertz CT molecular complexity index is 1260. The van der Waals surface area contributed by atoms with Gasteiger partial charge in [-0.2, -0.15) is 0 Å². The number of rotatable bonds is 10. The minimum Gasteiger partial charge on any atom is -0.494 e. The highest BCUT2D eigenvalue weighted by Crippen LogP contribution is 2.28. The maximum absolute atomic E-state index is 14.6. The summed E-state index contributed by atoms with van der Waals surface area (Å²) in [6.07, 6.45) is -0.450. The van der Waals surface area contributed by atoms with Gasteiger partial charge < -0.3 is 24.8 Å². The maximum Gasteiger partial charge on any atom is 0.405 e. The van der Waals surface area contributed by atoms with Crippen molar-refractivity contribution in [3.63, 3.8) is 0 Å². The number of carbonyl (C=O) groups excluding carboxylic acids is 1. The summed E-state index contributed by atoms with van der Waals surface area (Å²) >= 11 is 0. The summed E-state index contributed by atoms with van der Waals surface area (Å²) in [7, 11) is -1.28. The first-order valence-electron chi connectivity index (χ1n) is 13.1. The fourth-order valence-electron chi connectivity index (χ4n) is 4.28. The number of hydrogen-bond donors (Lipinski definition) is 2. The lowest BCUT2D eigenvalue weighted by molar-refractivity contribution is -0.147. The Morgan fingerprint density at radius 2 is 2.05 bits per heavy atom. The van der Waals surface area contributed by atoms with Crippen molar-refractivity contribution in [3.05, 3.63) is 41.6 Å². The number of ether oxygens (including phenoxy) is 2. The Morgan fingerprint density at radius 1 is 1.28 bits per heavy atom. The van der Waals surface area contributed by atoms with E-state index in [1.54, 1.807) is 30.0 Å². The molecule has 2 aromatic rings. The van der Waals surface area contributed by atoms with Crippen LogP contribution in [0.2, 0.25) is 25.7 Å². The van der Waals surface area contributed by atoms with E-state index < -0.39 is 25.5 Å². The second-order valence-corrected chi connectivity index (χ2v) is 16.4. The first kappa shape index (κ1) is 30.1. The van der Waals surface area contributed by atoms with E-state index in [0.717, 1.165) is 6.04 Å². The van der Waals surface area contributed by atoms with Crippen LogP contribution in [0.25, 0.3) is 11.3 Å². The molecule has 210 valence electrons. The quantitative estimate of drug-likeness (QED) is 0.248. The number of amides is 2. The van der Waals surface area contributed by atoms with Crippen LogP contribution >= 0.6 is 0 Å². The lowest BCUT2D eigenvalue weighted by atomic mass is 9.85. The Balaban J connectivity index is 1.81. The average molecular weight is 557 g/mol. The van der Waals surface area contributed by atoms with Gasteiger partial charge in [-0.1, -0.05) is 25.6 Å². The molecule has 0 radical (unpaired) electrons. The second-order valence-electron chi connectivity index (χ2n) is 10.8. The highest BCUT2D eigenvalue weighted by molar-refractivity contribution is 6.76. The van der Waals surface area contributed by atoms with Gasteiger partial charge in [-0.15, -0.1) is 0 Å². The van der Waals surface area contributed by atoms with Gasteiger partial charge in [0, 0.05) is 38.9 Å². The molecular formula is C28H37FN4O5Si. The van der Waals surface area contributed by atoms with Gasteiger partial charge in [0.15, 0.2) is 0 Å². The molecule has 39 heavy (non-hydrogen) atoms. The topological polar surface area (TPSA) is 114 Å². The van der Waals surface area contributed by atoms with Crippen LogP contribution in [0.15, 0.2) is 24.3 Å². The third-order valence-electron chi connectivity index (χ3n) is 6.29. The van der Waals surface area contributed by atoms with Crippen LogP contribution < -0.4 is 10.1 Å². The molecule has 1 aromatic carbocycles. The van der Waals surface area contributed by atoms with Crippen molar-refractivity contribution in [1.29, 1.82) is 0 Å². The van der Waals surface area contributed by atoms with E-state index in [1.165, 1.54) is 6.07 Å². The summed E-state index contributed by atoms with van der Waals surface area (Å²) in [5.74, 6) is 5.60. The molecule has 2 heterocycles. The minimum atomic E-state index is -1.40. The van der Waals surface area contributed by atoms with Gasteiger partial charge in [-0.3, -0.25) is 4.79 Å². The molecule has 0 bridgehead atoms. The van der Waals surface area contributed by atoms with Crippen LogP contribution in [0.3, 0.4) is 0 Å². The molecular weight excluding hydrogens is 519 g/mol. The maximum atomic E-state index is 14.6. The summed E-state index contributed by atoms with van der Waals surface area (Å²) in [6.45, 7) is 11.9. The molecule has 2 amide bonds. The zero-order valence-corrected chi connectivity index (χ0v) is 24.3. The van der Waals surface area contributed by atoms with Crippen molar-refractivity contribution < 1.29 is 28.6 Å². The van der Waals surface area contributed by atoms with Crippen LogP contribution in [-0.4, -0.2) is 72.1 Å². The number of aryl methyl sites for hydroxylation is 1. The molecule has 0 saturated carbocycles. The number of likely N-dealkylation sites (tertiary alicyclic amines) is 1. The third-order valence-corrected chi connectivity index (χ3v) is 7.99. The number of halogens is 1. The van der Waals surface area contributed by atoms with Gasteiger partial charge in [0.05, 0.1) is 12.3 Å². The number of nitrogens with one attached hydrogen (secondary N) is 1. The lowest BCUT2D eigenvalue weighted by Crippen LogP contribution is -2.62. The minimum absolute atomic E-state index is 0.0651. The van der Waals surface area contributed by atoms with E-state index in [9.17, 15) is 19.1 Å². The Hall–Kier alpha value is -3.49. The molecule has 2 N–H and O–H groups in total. The zero-order chi connectivity index (χ0) is 28.6. The van der Waals surface area contributed by atoms with Crippen molar-refractivity contribution in [1.82, 2.24) is 20.2 Å². The molecule has 11 heteroatoms. The summed E-state index contributed by atoms with van der Waals surface area (Å²) in [5, 5.41) is 11.9. The molecule has 1 aromatic heterocycles. The fourth-order valence-corrected chi connectivity index (χ4v) is 5.04. The van der Waals surface area contributed by atoms with Crippen molar-refractivity contribution >= 4 is 20.1 Å². The number of aromatic nitrogens is 2. The van der Waals surface area contributed by atoms with Gasteiger partial charge in [0.25, 0.3) is 5.91 Å². The first-order chi connectivity index (χ1) is 18.4. The van der Waals surface area contributed by atoms with Crippen molar-refractivity contribution in [2.75, 3.05) is 26.5 Å². The Labute approximate surface area is 230 Å². The third kappa shape index (κ3) is 8.50.